The highest BCUT2D eigenvalue weighted by molar-refractivity contribution is 7.99. The van der Waals surface area contributed by atoms with Gasteiger partial charge in [0.25, 0.3) is 5.69 Å². The molecule has 0 fully saturated rings. The van der Waals surface area contributed by atoms with Gasteiger partial charge in [0, 0.05) is 22.8 Å². The van der Waals surface area contributed by atoms with Crippen molar-refractivity contribution in [3.05, 3.63) is 34.4 Å². The lowest BCUT2D eigenvalue weighted by molar-refractivity contribution is -0.385. The number of nitrogens with zero attached hydrogens (tertiary/aromatic N) is 1. The monoisotopic (exact) mass is 199 g/mol. The van der Waals surface area contributed by atoms with Gasteiger partial charge in [0.1, 0.15) is 0 Å². The second kappa shape index (κ2) is 4.84. The molecule has 5 heteroatoms. The van der Waals surface area contributed by atoms with Crippen molar-refractivity contribution in [2.24, 2.45) is 0 Å². The van der Waals surface area contributed by atoms with Gasteiger partial charge in [-0.05, 0) is 6.07 Å². The lowest BCUT2D eigenvalue weighted by atomic mass is 10.3. The summed E-state index contributed by atoms with van der Waals surface area (Å²) in [5.74, 6) is 0.557. The Kier molecular flexibility index (Phi) is 3.72. The minimum absolute atomic E-state index is 0.0767. The fourth-order valence-electron chi connectivity index (χ4n) is 0.850. The summed E-state index contributed by atoms with van der Waals surface area (Å²) in [7, 11) is 0. The van der Waals surface area contributed by atoms with Crippen molar-refractivity contribution >= 4 is 17.4 Å². The van der Waals surface area contributed by atoms with Crippen LogP contribution in [-0.2, 0) is 0 Å². The van der Waals surface area contributed by atoms with Crippen LogP contribution in [0.5, 0.6) is 0 Å². The summed E-state index contributed by atoms with van der Waals surface area (Å²) >= 11 is 1.40. The third-order valence-corrected chi connectivity index (χ3v) is 2.36. The molecule has 0 aliphatic rings. The Bertz CT molecular complexity index is 303. The molecule has 0 radical (unpaired) electrons. The quantitative estimate of drug-likeness (QED) is 0.455. The first-order chi connectivity index (χ1) is 6.24. The minimum Gasteiger partial charge on any atom is -0.396 e. The minimum atomic E-state index is -0.428. The van der Waals surface area contributed by atoms with E-state index in [4.69, 9.17) is 5.11 Å². The van der Waals surface area contributed by atoms with Crippen LogP contribution in [0, 0.1) is 10.1 Å². The standard InChI is InChI=1S/C8H9NO3S/c10-4-5-13-8-3-1-2-7(6-8)9(11)12/h1-3,6,10H,4-5H2. The summed E-state index contributed by atoms with van der Waals surface area (Å²) in [6.45, 7) is 0.0767. The smallest absolute Gasteiger partial charge is 0.270 e. The molecule has 0 bridgehead atoms. The second-order valence-electron chi connectivity index (χ2n) is 2.33. The number of non-ortho nitro benzene ring substituents is 1. The topological polar surface area (TPSA) is 63.4 Å². The van der Waals surface area contributed by atoms with E-state index in [1.807, 2.05) is 0 Å². The molecule has 0 amide bonds. The van der Waals surface area contributed by atoms with Crippen LogP contribution in [0.2, 0.25) is 0 Å². The first-order valence-corrected chi connectivity index (χ1v) is 4.70. The van der Waals surface area contributed by atoms with E-state index in [0.717, 1.165) is 4.90 Å². The van der Waals surface area contributed by atoms with Crippen LogP contribution in [0.1, 0.15) is 0 Å². The SMILES string of the molecule is O=[N+]([O-])c1cccc(SCCO)c1. The van der Waals surface area contributed by atoms with E-state index in [1.54, 1.807) is 12.1 Å². The third-order valence-electron chi connectivity index (χ3n) is 1.39. The van der Waals surface area contributed by atoms with Crippen LogP contribution < -0.4 is 0 Å². The molecule has 4 nitrogen and oxygen atoms in total. The van der Waals surface area contributed by atoms with E-state index >= 15 is 0 Å². The zero-order valence-electron chi connectivity index (χ0n) is 6.84. The molecule has 1 rings (SSSR count). The molecule has 0 unspecified atom stereocenters. The summed E-state index contributed by atoms with van der Waals surface area (Å²) in [5.41, 5.74) is 0.0861. The van der Waals surface area contributed by atoms with Crippen LogP contribution in [0.3, 0.4) is 0 Å². The third kappa shape index (κ3) is 3.04. The first-order valence-electron chi connectivity index (χ1n) is 3.72. The van der Waals surface area contributed by atoms with Crippen LogP contribution in [-0.4, -0.2) is 22.4 Å². The lowest BCUT2D eigenvalue weighted by Gasteiger charge is -1.98. The molecule has 0 aliphatic heterocycles. The average Bonchev–Trinajstić information content (AvgIpc) is 2.15. The number of aliphatic hydroxyl groups excluding tert-OH is 1. The maximum Gasteiger partial charge on any atom is 0.270 e. The molecule has 70 valence electrons. The zero-order chi connectivity index (χ0) is 9.68. The van der Waals surface area contributed by atoms with Gasteiger partial charge in [-0.15, -0.1) is 11.8 Å². The highest BCUT2D eigenvalue weighted by Gasteiger charge is 2.04. The number of hydrogen-bond acceptors (Lipinski definition) is 4. The fraction of sp³-hybridized carbons (Fsp3) is 0.250. The van der Waals surface area contributed by atoms with E-state index in [0.29, 0.717) is 5.75 Å². The van der Waals surface area contributed by atoms with Crippen molar-refractivity contribution < 1.29 is 10.0 Å². The molecule has 0 atom stereocenters. The number of aliphatic hydroxyl groups is 1. The predicted octanol–water partition coefficient (Wildman–Crippen LogP) is 1.68. The van der Waals surface area contributed by atoms with Crippen molar-refractivity contribution in [1.82, 2.24) is 0 Å². The van der Waals surface area contributed by atoms with Crippen molar-refractivity contribution in [2.45, 2.75) is 4.90 Å². The Morgan fingerprint density at radius 3 is 2.92 bits per heavy atom. The molecule has 1 N–H and O–H groups in total. The number of nitro groups is 1. The van der Waals surface area contributed by atoms with Gasteiger partial charge in [0.05, 0.1) is 11.5 Å². The molecule has 0 saturated heterocycles. The number of nitro benzene ring substituents is 1. The van der Waals surface area contributed by atoms with E-state index in [2.05, 4.69) is 0 Å². The van der Waals surface area contributed by atoms with Gasteiger partial charge >= 0.3 is 0 Å². The van der Waals surface area contributed by atoms with Gasteiger partial charge in [0.15, 0.2) is 0 Å². The highest BCUT2D eigenvalue weighted by atomic mass is 32.2. The Morgan fingerprint density at radius 1 is 1.54 bits per heavy atom. The van der Waals surface area contributed by atoms with Crippen molar-refractivity contribution in [3.63, 3.8) is 0 Å². The van der Waals surface area contributed by atoms with Crippen LogP contribution in [0.4, 0.5) is 5.69 Å². The van der Waals surface area contributed by atoms with E-state index in [1.165, 1.54) is 23.9 Å². The lowest BCUT2D eigenvalue weighted by Crippen LogP contribution is -1.89. The summed E-state index contributed by atoms with van der Waals surface area (Å²) in [6, 6.07) is 6.37. The molecule has 1 aromatic rings. The van der Waals surface area contributed by atoms with Crippen LogP contribution in [0.15, 0.2) is 29.2 Å². The number of benzene rings is 1. The van der Waals surface area contributed by atoms with Crippen molar-refractivity contribution in [3.8, 4) is 0 Å². The largest absolute Gasteiger partial charge is 0.396 e. The summed E-state index contributed by atoms with van der Waals surface area (Å²) < 4.78 is 0. The zero-order valence-corrected chi connectivity index (χ0v) is 7.66. The Hall–Kier alpha value is -1.07. The molecule has 0 aliphatic carbocycles. The first kappa shape index (κ1) is 10.0. The van der Waals surface area contributed by atoms with Crippen molar-refractivity contribution in [2.75, 3.05) is 12.4 Å². The van der Waals surface area contributed by atoms with Gasteiger partial charge in [-0.2, -0.15) is 0 Å². The number of rotatable bonds is 4. The molecule has 0 saturated carbocycles. The molecule has 0 aromatic heterocycles. The van der Waals surface area contributed by atoms with Gasteiger partial charge in [-0.1, -0.05) is 6.07 Å². The molecule has 0 spiro atoms. The Morgan fingerprint density at radius 2 is 2.31 bits per heavy atom. The van der Waals surface area contributed by atoms with E-state index < -0.39 is 4.92 Å². The number of thioether (sulfide) groups is 1. The van der Waals surface area contributed by atoms with Crippen LogP contribution in [0.25, 0.3) is 0 Å². The molecule has 0 heterocycles. The van der Waals surface area contributed by atoms with Gasteiger partial charge in [0.2, 0.25) is 0 Å². The average molecular weight is 199 g/mol. The molecule has 13 heavy (non-hydrogen) atoms. The molecular weight excluding hydrogens is 190 g/mol. The van der Waals surface area contributed by atoms with Gasteiger partial charge in [-0.25, -0.2) is 0 Å². The molecular formula is C8H9NO3S. The molecule has 1 aromatic carbocycles. The Balaban J connectivity index is 2.73. The summed E-state index contributed by atoms with van der Waals surface area (Å²) in [4.78, 5) is 10.8. The summed E-state index contributed by atoms with van der Waals surface area (Å²) in [6.07, 6.45) is 0. The highest BCUT2D eigenvalue weighted by Crippen LogP contribution is 2.22. The maximum absolute atomic E-state index is 10.4. The predicted molar refractivity (Wildman–Crippen MR) is 50.9 cm³/mol. The van der Waals surface area contributed by atoms with E-state index in [9.17, 15) is 10.1 Å². The number of hydrogen-bond donors (Lipinski definition) is 1. The van der Waals surface area contributed by atoms with Crippen LogP contribution >= 0.6 is 11.8 Å². The summed E-state index contributed by atoms with van der Waals surface area (Å²) in [5, 5.41) is 18.9. The van der Waals surface area contributed by atoms with E-state index in [-0.39, 0.29) is 12.3 Å². The van der Waals surface area contributed by atoms with Crippen molar-refractivity contribution in [1.29, 1.82) is 0 Å². The normalized spacial score (nSPS) is 9.92. The van der Waals surface area contributed by atoms with Gasteiger partial charge in [-0.3, -0.25) is 10.1 Å². The van der Waals surface area contributed by atoms with Gasteiger partial charge < -0.3 is 5.11 Å². The maximum atomic E-state index is 10.4. The second-order valence-corrected chi connectivity index (χ2v) is 3.49. The Labute approximate surface area is 79.7 Å². The fourth-order valence-corrected chi connectivity index (χ4v) is 1.56.